The number of amides is 1. The van der Waals surface area contributed by atoms with Crippen LogP contribution in [0.2, 0.25) is 0 Å². The number of hydrogen-bond acceptors (Lipinski definition) is 3. The molecule has 1 saturated heterocycles. The van der Waals surface area contributed by atoms with Crippen LogP contribution in [-0.2, 0) is 4.74 Å². The first kappa shape index (κ1) is 14.5. The Morgan fingerprint density at radius 1 is 1.30 bits per heavy atom. The van der Waals surface area contributed by atoms with E-state index < -0.39 is 0 Å². The number of carbonyl (C=O) groups excluding carboxylic acids is 1. The van der Waals surface area contributed by atoms with Gasteiger partial charge in [-0.2, -0.15) is 0 Å². The van der Waals surface area contributed by atoms with Crippen LogP contribution in [0.5, 0.6) is 0 Å². The number of benzene rings is 1. The van der Waals surface area contributed by atoms with E-state index in [1.807, 2.05) is 37.8 Å². The number of aromatic amines is 1. The third kappa shape index (κ3) is 2.82. The molecule has 5 nitrogen and oxygen atoms in total. The van der Waals surface area contributed by atoms with Crippen molar-refractivity contribution in [2.24, 2.45) is 0 Å². The molecular formula is C15H21N3O2. The van der Waals surface area contributed by atoms with Crippen molar-refractivity contribution in [2.75, 3.05) is 26.3 Å². The van der Waals surface area contributed by atoms with E-state index in [4.69, 9.17) is 4.74 Å². The SMILES string of the molecule is CC.Cc1cc(C(=O)N2CCOCC2)c2nc[nH]c2c1. The highest BCUT2D eigenvalue weighted by atomic mass is 16.5. The summed E-state index contributed by atoms with van der Waals surface area (Å²) in [6.07, 6.45) is 1.63. The van der Waals surface area contributed by atoms with E-state index in [-0.39, 0.29) is 5.91 Å². The van der Waals surface area contributed by atoms with Crippen LogP contribution in [-0.4, -0.2) is 47.1 Å². The molecule has 2 heterocycles. The molecule has 1 aromatic heterocycles. The fourth-order valence-electron chi connectivity index (χ4n) is 2.29. The Hall–Kier alpha value is -1.88. The van der Waals surface area contributed by atoms with Gasteiger partial charge in [0, 0.05) is 13.1 Å². The second kappa shape index (κ2) is 6.52. The fraction of sp³-hybridized carbons (Fsp3) is 0.467. The molecule has 0 spiro atoms. The molecule has 1 aliphatic heterocycles. The van der Waals surface area contributed by atoms with Gasteiger partial charge in [0.1, 0.15) is 5.52 Å². The number of carbonyl (C=O) groups is 1. The summed E-state index contributed by atoms with van der Waals surface area (Å²) in [5.41, 5.74) is 3.39. The summed E-state index contributed by atoms with van der Waals surface area (Å²) in [4.78, 5) is 21.6. The number of morpholine rings is 1. The predicted molar refractivity (Wildman–Crippen MR) is 78.9 cm³/mol. The lowest BCUT2D eigenvalue weighted by Gasteiger charge is -2.27. The van der Waals surface area contributed by atoms with Gasteiger partial charge in [0.05, 0.1) is 30.6 Å². The molecule has 20 heavy (non-hydrogen) atoms. The highest BCUT2D eigenvalue weighted by molar-refractivity contribution is 6.05. The van der Waals surface area contributed by atoms with Crippen LogP contribution in [0.15, 0.2) is 18.5 Å². The average molecular weight is 275 g/mol. The summed E-state index contributed by atoms with van der Waals surface area (Å²) in [6.45, 7) is 8.51. The maximum absolute atomic E-state index is 12.5. The van der Waals surface area contributed by atoms with Crippen LogP contribution in [0.1, 0.15) is 29.8 Å². The summed E-state index contributed by atoms with van der Waals surface area (Å²) in [6, 6.07) is 3.90. The summed E-state index contributed by atoms with van der Waals surface area (Å²) in [5.74, 6) is 0.0408. The van der Waals surface area contributed by atoms with Gasteiger partial charge in [-0.25, -0.2) is 4.98 Å². The van der Waals surface area contributed by atoms with Gasteiger partial charge in [-0.3, -0.25) is 4.79 Å². The zero-order chi connectivity index (χ0) is 14.5. The van der Waals surface area contributed by atoms with Gasteiger partial charge in [-0.1, -0.05) is 13.8 Å². The zero-order valence-electron chi connectivity index (χ0n) is 12.3. The van der Waals surface area contributed by atoms with Crippen molar-refractivity contribution in [1.29, 1.82) is 0 Å². The van der Waals surface area contributed by atoms with Crippen LogP contribution in [0.4, 0.5) is 0 Å². The highest BCUT2D eigenvalue weighted by Crippen LogP contribution is 2.19. The van der Waals surface area contributed by atoms with Crippen LogP contribution in [0.25, 0.3) is 11.0 Å². The predicted octanol–water partition coefficient (Wildman–Crippen LogP) is 2.37. The molecule has 5 heteroatoms. The van der Waals surface area contributed by atoms with E-state index in [2.05, 4.69) is 9.97 Å². The molecule has 0 aliphatic carbocycles. The third-order valence-electron chi connectivity index (χ3n) is 3.20. The number of hydrogen-bond donors (Lipinski definition) is 1. The number of aryl methyl sites for hydroxylation is 1. The Labute approximate surface area is 118 Å². The molecule has 3 rings (SSSR count). The number of fused-ring (bicyclic) bond motifs is 1. The normalized spacial score (nSPS) is 14.8. The number of nitrogens with zero attached hydrogens (tertiary/aromatic N) is 2. The Balaban J connectivity index is 0.000000704. The molecule has 0 atom stereocenters. The third-order valence-corrected chi connectivity index (χ3v) is 3.20. The van der Waals surface area contributed by atoms with Crippen LogP contribution < -0.4 is 0 Å². The molecule has 1 amide bonds. The van der Waals surface area contributed by atoms with Crippen LogP contribution in [0.3, 0.4) is 0 Å². The lowest BCUT2D eigenvalue weighted by Crippen LogP contribution is -2.40. The van der Waals surface area contributed by atoms with Gasteiger partial charge < -0.3 is 14.6 Å². The van der Waals surface area contributed by atoms with E-state index in [9.17, 15) is 4.79 Å². The Morgan fingerprint density at radius 2 is 2.00 bits per heavy atom. The van der Waals surface area contributed by atoms with Crippen molar-refractivity contribution in [3.63, 3.8) is 0 Å². The van der Waals surface area contributed by atoms with Crippen molar-refractivity contribution in [1.82, 2.24) is 14.9 Å². The Kier molecular flexibility index (Phi) is 4.74. The maximum Gasteiger partial charge on any atom is 0.256 e. The van der Waals surface area contributed by atoms with Gasteiger partial charge in [0.2, 0.25) is 0 Å². The molecule has 1 aliphatic rings. The molecule has 0 saturated carbocycles. The van der Waals surface area contributed by atoms with Gasteiger partial charge in [0.15, 0.2) is 0 Å². The first-order valence-electron chi connectivity index (χ1n) is 7.06. The fourth-order valence-corrected chi connectivity index (χ4v) is 2.29. The minimum absolute atomic E-state index is 0.0408. The molecule has 0 bridgehead atoms. The number of imidazole rings is 1. The lowest BCUT2D eigenvalue weighted by molar-refractivity contribution is 0.0304. The zero-order valence-corrected chi connectivity index (χ0v) is 12.3. The van der Waals surface area contributed by atoms with E-state index in [0.29, 0.717) is 31.9 Å². The first-order valence-corrected chi connectivity index (χ1v) is 7.06. The van der Waals surface area contributed by atoms with Crippen molar-refractivity contribution in [3.8, 4) is 0 Å². The quantitative estimate of drug-likeness (QED) is 0.869. The smallest absolute Gasteiger partial charge is 0.256 e. The van der Waals surface area contributed by atoms with Crippen molar-refractivity contribution in [2.45, 2.75) is 20.8 Å². The number of aromatic nitrogens is 2. The minimum atomic E-state index is 0.0408. The van der Waals surface area contributed by atoms with Gasteiger partial charge in [-0.15, -0.1) is 0 Å². The van der Waals surface area contributed by atoms with Crippen molar-refractivity contribution < 1.29 is 9.53 Å². The largest absolute Gasteiger partial charge is 0.378 e. The second-order valence-corrected chi connectivity index (χ2v) is 4.52. The van der Waals surface area contributed by atoms with E-state index in [1.54, 1.807) is 6.33 Å². The topological polar surface area (TPSA) is 58.2 Å². The first-order chi connectivity index (χ1) is 9.75. The number of ether oxygens (including phenoxy) is 1. The molecule has 0 radical (unpaired) electrons. The average Bonchev–Trinajstić information content (AvgIpc) is 2.96. The van der Waals surface area contributed by atoms with Gasteiger partial charge >= 0.3 is 0 Å². The molecule has 1 aromatic carbocycles. The van der Waals surface area contributed by atoms with E-state index >= 15 is 0 Å². The maximum atomic E-state index is 12.5. The summed E-state index contributed by atoms with van der Waals surface area (Å²) < 4.78 is 5.27. The van der Waals surface area contributed by atoms with Crippen molar-refractivity contribution >= 4 is 16.9 Å². The highest BCUT2D eigenvalue weighted by Gasteiger charge is 2.21. The number of nitrogens with one attached hydrogen (secondary N) is 1. The van der Waals surface area contributed by atoms with Gasteiger partial charge in [-0.05, 0) is 24.6 Å². The Morgan fingerprint density at radius 3 is 2.70 bits per heavy atom. The number of rotatable bonds is 1. The Bertz CT molecular complexity index is 586. The molecule has 0 unspecified atom stereocenters. The van der Waals surface area contributed by atoms with Crippen LogP contribution in [0, 0.1) is 6.92 Å². The standard InChI is InChI=1S/C13H15N3O2.C2H6/c1-9-6-10(12-11(7-9)14-8-15-12)13(17)16-2-4-18-5-3-16;1-2/h6-8H,2-5H2,1H3,(H,14,15);1-2H3. The summed E-state index contributed by atoms with van der Waals surface area (Å²) in [5, 5.41) is 0. The molecule has 108 valence electrons. The molecular weight excluding hydrogens is 254 g/mol. The van der Waals surface area contributed by atoms with E-state index in [1.165, 1.54) is 0 Å². The molecule has 1 N–H and O–H groups in total. The summed E-state index contributed by atoms with van der Waals surface area (Å²) >= 11 is 0. The lowest BCUT2D eigenvalue weighted by atomic mass is 10.1. The second-order valence-electron chi connectivity index (χ2n) is 4.52. The summed E-state index contributed by atoms with van der Waals surface area (Å²) in [7, 11) is 0. The van der Waals surface area contributed by atoms with Crippen LogP contribution >= 0.6 is 0 Å². The molecule has 1 fully saturated rings. The number of H-pyrrole nitrogens is 1. The monoisotopic (exact) mass is 275 g/mol. The minimum Gasteiger partial charge on any atom is -0.378 e. The van der Waals surface area contributed by atoms with Gasteiger partial charge in [0.25, 0.3) is 5.91 Å². The molecule has 2 aromatic rings. The van der Waals surface area contributed by atoms with E-state index in [0.717, 1.165) is 16.6 Å². The van der Waals surface area contributed by atoms with Crippen molar-refractivity contribution in [3.05, 3.63) is 29.6 Å².